The minimum absolute atomic E-state index is 0.193. The maximum Gasteiger partial charge on any atom is 0.126 e. The largest absolute Gasteiger partial charge is 0.508 e. The van der Waals surface area contributed by atoms with Gasteiger partial charge in [0.1, 0.15) is 11.6 Å². The number of pyridine rings is 2. The lowest BCUT2D eigenvalue weighted by molar-refractivity contribution is 0.468. The van der Waals surface area contributed by atoms with Crippen molar-refractivity contribution in [2.24, 2.45) is 0 Å². The zero-order chi connectivity index (χ0) is 17.9. The standard InChI is InChI=1S/C21H16ClN3O/c22-15-6-3-5-14(13-15)21(25-19-8-1-2-11-24-19)20-16-7-4-12-23-17(16)9-10-18(20)26/h1-13,21,26H,(H,24,25). The van der Waals surface area contributed by atoms with E-state index in [2.05, 4.69) is 15.3 Å². The quantitative estimate of drug-likeness (QED) is 0.525. The number of nitrogens with one attached hydrogen (secondary N) is 1. The van der Waals surface area contributed by atoms with Crippen molar-refractivity contribution in [3.8, 4) is 5.75 Å². The van der Waals surface area contributed by atoms with Gasteiger partial charge in [-0.05, 0) is 48.0 Å². The summed E-state index contributed by atoms with van der Waals surface area (Å²) >= 11 is 6.22. The first-order chi connectivity index (χ1) is 12.7. The predicted molar refractivity (Wildman–Crippen MR) is 105 cm³/mol. The van der Waals surface area contributed by atoms with Crippen LogP contribution in [0.1, 0.15) is 17.2 Å². The molecule has 2 heterocycles. The zero-order valence-corrected chi connectivity index (χ0v) is 14.6. The summed E-state index contributed by atoms with van der Waals surface area (Å²) in [4.78, 5) is 8.76. The molecule has 0 saturated heterocycles. The number of benzene rings is 2. The molecule has 2 aromatic heterocycles. The first-order valence-corrected chi connectivity index (χ1v) is 8.60. The molecule has 0 aliphatic carbocycles. The average molecular weight is 362 g/mol. The fraction of sp³-hybridized carbons (Fsp3) is 0.0476. The summed E-state index contributed by atoms with van der Waals surface area (Å²) in [5.41, 5.74) is 2.48. The van der Waals surface area contributed by atoms with Gasteiger partial charge in [-0.2, -0.15) is 0 Å². The van der Waals surface area contributed by atoms with Crippen molar-refractivity contribution in [1.82, 2.24) is 9.97 Å². The van der Waals surface area contributed by atoms with Crippen molar-refractivity contribution in [1.29, 1.82) is 0 Å². The minimum Gasteiger partial charge on any atom is -0.508 e. The molecule has 2 N–H and O–H groups in total. The average Bonchev–Trinajstić information content (AvgIpc) is 2.67. The Kier molecular flexibility index (Phi) is 4.42. The molecule has 0 bridgehead atoms. The number of phenols is 1. The second-order valence-electron chi connectivity index (χ2n) is 5.92. The normalized spacial score (nSPS) is 12.0. The number of anilines is 1. The molecule has 4 nitrogen and oxygen atoms in total. The van der Waals surface area contributed by atoms with Crippen LogP contribution in [0.15, 0.2) is 79.1 Å². The highest BCUT2D eigenvalue weighted by Gasteiger charge is 2.21. The molecule has 26 heavy (non-hydrogen) atoms. The third kappa shape index (κ3) is 3.19. The van der Waals surface area contributed by atoms with Gasteiger partial charge >= 0.3 is 0 Å². The van der Waals surface area contributed by atoms with Gasteiger partial charge in [-0.15, -0.1) is 0 Å². The molecule has 128 valence electrons. The number of halogens is 1. The highest BCUT2D eigenvalue weighted by molar-refractivity contribution is 6.30. The fourth-order valence-corrected chi connectivity index (χ4v) is 3.27. The third-order valence-electron chi connectivity index (χ3n) is 4.23. The summed E-state index contributed by atoms with van der Waals surface area (Å²) in [5, 5.41) is 15.6. The Morgan fingerprint density at radius 3 is 2.58 bits per heavy atom. The molecule has 0 amide bonds. The van der Waals surface area contributed by atoms with Crippen molar-refractivity contribution < 1.29 is 5.11 Å². The number of hydrogen-bond acceptors (Lipinski definition) is 4. The second-order valence-corrected chi connectivity index (χ2v) is 6.35. The highest BCUT2D eigenvalue weighted by Crippen LogP contribution is 2.37. The topological polar surface area (TPSA) is 58.0 Å². The first-order valence-electron chi connectivity index (χ1n) is 8.22. The SMILES string of the molecule is Oc1ccc2ncccc2c1C(Nc1ccccn1)c1cccc(Cl)c1. The van der Waals surface area contributed by atoms with Crippen molar-refractivity contribution in [2.75, 3.05) is 5.32 Å². The number of fused-ring (bicyclic) bond motifs is 1. The van der Waals surface area contributed by atoms with E-state index in [-0.39, 0.29) is 11.8 Å². The van der Waals surface area contributed by atoms with Gasteiger partial charge in [-0.1, -0.05) is 35.9 Å². The Labute approximate surface area is 156 Å². The number of rotatable bonds is 4. The van der Waals surface area contributed by atoms with Crippen molar-refractivity contribution >= 4 is 28.3 Å². The van der Waals surface area contributed by atoms with Gasteiger partial charge < -0.3 is 10.4 Å². The fourth-order valence-electron chi connectivity index (χ4n) is 3.07. The van der Waals surface area contributed by atoms with E-state index in [0.717, 1.165) is 22.0 Å². The van der Waals surface area contributed by atoms with E-state index in [1.54, 1.807) is 18.5 Å². The van der Waals surface area contributed by atoms with E-state index >= 15 is 0 Å². The van der Waals surface area contributed by atoms with E-state index in [1.165, 1.54) is 0 Å². The smallest absolute Gasteiger partial charge is 0.126 e. The molecule has 0 saturated carbocycles. The highest BCUT2D eigenvalue weighted by atomic mass is 35.5. The minimum atomic E-state index is -0.337. The van der Waals surface area contributed by atoms with Crippen LogP contribution in [0.25, 0.3) is 10.9 Å². The number of nitrogens with zero attached hydrogens (tertiary/aromatic N) is 2. The van der Waals surface area contributed by atoms with Gasteiger partial charge in [-0.3, -0.25) is 4.98 Å². The van der Waals surface area contributed by atoms with Crippen LogP contribution in [0.4, 0.5) is 5.82 Å². The van der Waals surface area contributed by atoms with E-state index < -0.39 is 0 Å². The lowest BCUT2D eigenvalue weighted by Crippen LogP contribution is -2.14. The van der Waals surface area contributed by atoms with Gasteiger partial charge in [0.05, 0.1) is 11.6 Å². The van der Waals surface area contributed by atoms with Gasteiger partial charge in [0, 0.05) is 28.4 Å². The number of phenolic OH excluding ortho intramolecular Hbond substituents is 1. The summed E-state index contributed by atoms with van der Waals surface area (Å²) in [6, 6.07) is 20.2. The summed E-state index contributed by atoms with van der Waals surface area (Å²) in [7, 11) is 0. The molecule has 1 unspecified atom stereocenters. The lowest BCUT2D eigenvalue weighted by Gasteiger charge is -2.23. The summed E-state index contributed by atoms with van der Waals surface area (Å²) in [6.45, 7) is 0. The molecule has 4 aromatic rings. The van der Waals surface area contributed by atoms with E-state index in [0.29, 0.717) is 10.8 Å². The van der Waals surface area contributed by atoms with Gasteiger partial charge in [0.15, 0.2) is 0 Å². The summed E-state index contributed by atoms with van der Waals surface area (Å²) < 4.78 is 0. The van der Waals surface area contributed by atoms with Gasteiger partial charge in [0.2, 0.25) is 0 Å². The Morgan fingerprint density at radius 1 is 0.885 bits per heavy atom. The molecular weight excluding hydrogens is 346 g/mol. The molecule has 1 atom stereocenters. The van der Waals surface area contributed by atoms with Crippen LogP contribution in [0.2, 0.25) is 5.02 Å². The van der Waals surface area contributed by atoms with Crippen LogP contribution in [-0.4, -0.2) is 15.1 Å². The molecule has 0 aliphatic rings. The summed E-state index contributed by atoms with van der Waals surface area (Å²) in [6.07, 6.45) is 3.46. The molecule has 0 radical (unpaired) electrons. The number of aromatic hydroxyl groups is 1. The van der Waals surface area contributed by atoms with E-state index in [4.69, 9.17) is 11.6 Å². The van der Waals surface area contributed by atoms with Crippen molar-refractivity contribution in [3.63, 3.8) is 0 Å². The van der Waals surface area contributed by atoms with Crippen molar-refractivity contribution in [3.05, 3.63) is 95.3 Å². The number of aromatic nitrogens is 2. The van der Waals surface area contributed by atoms with E-state index in [9.17, 15) is 5.11 Å². The predicted octanol–water partition coefficient (Wildman–Crippen LogP) is 5.19. The van der Waals surface area contributed by atoms with Gasteiger partial charge in [0.25, 0.3) is 0 Å². The molecule has 0 spiro atoms. The lowest BCUT2D eigenvalue weighted by atomic mass is 9.94. The molecular formula is C21H16ClN3O. The summed E-state index contributed by atoms with van der Waals surface area (Å²) in [5.74, 6) is 0.900. The second kappa shape index (κ2) is 7.02. The molecule has 2 aromatic carbocycles. The van der Waals surface area contributed by atoms with Crippen molar-refractivity contribution in [2.45, 2.75) is 6.04 Å². The molecule has 0 aliphatic heterocycles. The molecule has 0 fully saturated rings. The Hall–Kier alpha value is -3.11. The van der Waals surface area contributed by atoms with Crippen LogP contribution >= 0.6 is 11.6 Å². The number of hydrogen-bond donors (Lipinski definition) is 2. The zero-order valence-electron chi connectivity index (χ0n) is 13.8. The van der Waals surface area contributed by atoms with Crippen LogP contribution in [0.3, 0.4) is 0 Å². The third-order valence-corrected chi connectivity index (χ3v) is 4.47. The monoisotopic (exact) mass is 361 g/mol. The molecule has 5 heteroatoms. The van der Waals surface area contributed by atoms with Crippen LogP contribution in [0.5, 0.6) is 5.75 Å². The Balaban J connectivity index is 1.92. The van der Waals surface area contributed by atoms with Crippen LogP contribution in [-0.2, 0) is 0 Å². The maximum absolute atomic E-state index is 10.7. The van der Waals surface area contributed by atoms with E-state index in [1.807, 2.05) is 60.7 Å². The van der Waals surface area contributed by atoms with Gasteiger partial charge in [-0.25, -0.2) is 4.98 Å². The Morgan fingerprint density at radius 2 is 1.77 bits per heavy atom. The first kappa shape index (κ1) is 16.4. The Bertz CT molecular complexity index is 1050. The molecule has 4 rings (SSSR count). The van der Waals surface area contributed by atoms with Crippen LogP contribution in [0, 0.1) is 0 Å². The van der Waals surface area contributed by atoms with Crippen LogP contribution < -0.4 is 5.32 Å². The maximum atomic E-state index is 10.7.